The van der Waals surface area contributed by atoms with Crippen molar-refractivity contribution in [2.75, 3.05) is 30.3 Å². The third kappa shape index (κ3) is 3.05. The lowest BCUT2D eigenvalue weighted by atomic mass is 10.2. The first-order valence-electron chi connectivity index (χ1n) is 6.37. The summed E-state index contributed by atoms with van der Waals surface area (Å²) in [5, 5.41) is 12.0. The van der Waals surface area contributed by atoms with Gasteiger partial charge in [0.25, 0.3) is 5.95 Å². The minimum atomic E-state index is 0.419. The van der Waals surface area contributed by atoms with Crippen LogP contribution in [0.15, 0.2) is 29.4 Å². The van der Waals surface area contributed by atoms with Crippen LogP contribution in [0.4, 0.5) is 11.6 Å². The number of nitrogens with two attached hydrogens (primary N) is 1. The fourth-order valence-electron chi connectivity index (χ4n) is 1.66. The third-order valence-electron chi connectivity index (χ3n) is 2.87. The number of benzene rings is 1. The van der Waals surface area contributed by atoms with E-state index in [-0.39, 0.29) is 0 Å². The van der Waals surface area contributed by atoms with Gasteiger partial charge in [-0.1, -0.05) is 19.1 Å². The van der Waals surface area contributed by atoms with E-state index in [1.807, 2.05) is 50.2 Å². The summed E-state index contributed by atoms with van der Waals surface area (Å²) in [6.45, 7) is 1.97. The van der Waals surface area contributed by atoms with E-state index in [0.29, 0.717) is 11.8 Å². The third-order valence-corrected chi connectivity index (χ3v) is 2.87. The second kappa shape index (κ2) is 6.05. The predicted octanol–water partition coefficient (Wildman–Crippen LogP) is 1.07. The van der Waals surface area contributed by atoms with Crippen molar-refractivity contribution in [1.82, 2.24) is 14.9 Å². The average molecular weight is 273 g/mol. The van der Waals surface area contributed by atoms with Gasteiger partial charge in [0.2, 0.25) is 0 Å². The molecule has 2 aromatic rings. The summed E-state index contributed by atoms with van der Waals surface area (Å²) in [7, 11) is 4.01. The Morgan fingerprint density at radius 2 is 2.00 bits per heavy atom. The Kier molecular flexibility index (Phi) is 4.19. The molecule has 0 aliphatic carbocycles. The smallest absolute Gasteiger partial charge is 0.263 e. The average Bonchev–Trinajstić information content (AvgIpc) is 2.80. The van der Waals surface area contributed by atoms with E-state index in [1.54, 1.807) is 6.21 Å². The fraction of sp³-hybridized carbons (Fsp3) is 0.308. The topological polar surface area (TPSA) is 84.4 Å². The highest BCUT2D eigenvalue weighted by molar-refractivity contribution is 5.80. The van der Waals surface area contributed by atoms with Crippen LogP contribution in [0.1, 0.15) is 18.3 Å². The van der Waals surface area contributed by atoms with Crippen molar-refractivity contribution in [3.05, 3.63) is 35.7 Å². The zero-order chi connectivity index (χ0) is 14.5. The van der Waals surface area contributed by atoms with Crippen molar-refractivity contribution in [1.29, 1.82) is 0 Å². The SMILES string of the molecule is CCc1nnc(N/N=C/c2ccc(N(C)C)cc2)n1N. The number of hydrogen-bond acceptors (Lipinski definition) is 6. The minimum absolute atomic E-state index is 0.419. The Hall–Kier alpha value is -2.57. The highest BCUT2D eigenvalue weighted by Crippen LogP contribution is 2.11. The molecule has 0 amide bonds. The second-order valence-corrected chi connectivity index (χ2v) is 4.52. The van der Waals surface area contributed by atoms with Gasteiger partial charge in [0.1, 0.15) is 0 Å². The first kappa shape index (κ1) is 13.9. The van der Waals surface area contributed by atoms with Gasteiger partial charge in [-0.2, -0.15) is 5.10 Å². The molecule has 0 fully saturated rings. The van der Waals surface area contributed by atoms with Crippen LogP contribution in [0.25, 0.3) is 0 Å². The zero-order valence-corrected chi connectivity index (χ0v) is 11.9. The van der Waals surface area contributed by atoms with Crippen LogP contribution in [0, 0.1) is 0 Å². The molecule has 0 unspecified atom stereocenters. The van der Waals surface area contributed by atoms with E-state index in [0.717, 1.165) is 17.7 Å². The van der Waals surface area contributed by atoms with Crippen molar-refractivity contribution >= 4 is 17.9 Å². The van der Waals surface area contributed by atoms with Gasteiger partial charge < -0.3 is 10.7 Å². The molecule has 20 heavy (non-hydrogen) atoms. The minimum Gasteiger partial charge on any atom is -0.378 e. The first-order valence-corrected chi connectivity index (χ1v) is 6.37. The molecule has 0 saturated heterocycles. The number of anilines is 2. The molecule has 2 rings (SSSR count). The largest absolute Gasteiger partial charge is 0.378 e. The summed E-state index contributed by atoms with van der Waals surface area (Å²) in [5.41, 5.74) is 4.91. The first-order chi connectivity index (χ1) is 9.61. The molecule has 0 aliphatic heterocycles. The van der Waals surface area contributed by atoms with E-state index in [2.05, 4.69) is 20.7 Å². The summed E-state index contributed by atoms with van der Waals surface area (Å²) in [5.74, 6) is 6.92. The van der Waals surface area contributed by atoms with Gasteiger partial charge >= 0.3 is 0 Å². The van der Waals surface area contributed by atoms with Crippen molar-refractivity contribution in [2.24, 2.45) is 5.10 Å². The van der Waals surface area contributed by atoms with E-state index in [4.69, 9.17) is 5.84 Å². The Bertz CT molecular complexity index is 583. The van der Waals surface area contributed by atoms with Gasteiger partial charge in [0.05, 0.1) is 6.21 Å². The normalized spacial score (nSPS) is 10.9. The molecule has 0 radical (unpaired) electrons. The number of rotatable bonds is 5. The second-order valence-electron chi connectivity index (χ2n) is 4.52. The monoisotopic (exact) mass is 273 g/mol. The Morgan fingerprint density at radius 3 is 2.55 bits per heavy atom. The predicted molar refractivity (Wildman–Crippen MR) is 81.5 cm³/mol. The quantitative estimate of drug-likeness (QED) is 0.483. The molecule has 0 atom stereocenters. The Balaban J connectivity index is 2.00. The van der Waals surface area contributed by atoms with Crippen molar-refractivity contribution < 1.29 is 0 Å². The Morgan fingerprint density at radius 1 is 1.30 bits per heavy atom. The number of aryl methyl sites for hydroxylation is 1. The maximum atomic E-state index is 5.80. The van der Waals surface area contributed by atoms with Gasteiger partial charge in [-0.05, 0) is 17.7 Å². The molecule has 7 nitrogen and oxygen atoms in total. The van der Waals surface area contributed by atoms with E-state index in [1.165, 1.54) is 4.68 Å². The van der Waals surface area contributed by atoms with Gasteiger partial charge in [-0.3, -0.25) is 0 Å². The molecule has 0 saturated carbocycles. The molecule has 1 aromatic carbocycles. The van der Waals surface area contributed by atoms with Crippen molar-refractivity contribution in [2.45, 2.75) is 13.3 Å². The van der Waals surface area contributed by atoms with Crippen LogP contribution in [-0.4, -0.2) is 35.2 Å². The van der Waals surface area contributed by atoms with Crippen LogP contribution in [-0.2, 0) is 6.42 Å². The summed E-state index contributed by atoms with van der Waals surface area (Å²) >= 11 is 0. The molecule has 0 spiro atoms. The molecule has 0 bridgehead atoms. The number of hydrazone groups is 1. The fourth-order valence-corrected chi connectivity index (χ4v) is 1.66. The molecule has 1 aromatic heterocycles. The molecular weight excluding hydrogens is 254 g/mol. The zero-order valence-electron chi connectivity index (χ0n) is 11.9. The Labute approximate surface area is 118 Å². The van der Waals surface area contributed by atoms with Crippen molar-refractivity contribution in [3.8, 4) is 0 Å². The van der Waals surface area contributed by atoms with Crippen LogP contribution >= 0.6 is 0 Å². The van der Waals surface area contributed by atoms with Crippen LogP contribution in [0.2, 0.25) is 0 Å². The number of nitrogen functional groups attached to an aromatic ring is 1. The van der Waals surface area contributed by atoms with Crippen LogP contribution in [0.3, 0.4) is 0 Å². The van der Waals surface area contributed by atoms with Gasteiger partial charge in [0, 0.05) is 26.2 Å². The van der Waals surface area contributed by atoms with E-state index < -0.39 is 0 Å². The maximum Gasteiger partial charge on any atom is 0.263 e. The van der Waals surface area contributed by atoms with Crippen molar-refractivity contribution in [3.63, 3.8) is 0 Å². The highest BCUT2D eigenvalue weighted by atomic mass is 15.5. The van der Waals surface area contributed by atoms with E-state index >= 15 is 0 Å². The van der Waals surface area contributed by atoms with Crippen LogP contribution < -0.4 is 16.2 Å². The van der Waals surface area contributed by atoms with Gasteiger partial charge in [-0.15, -0.1) is 10.2 Å². The van der Waals surface area contributed by atoms with Gasteiger partial charge in [-0.25, -0.2) is 10.1 Å². The number of nitrogens with zero attached hydrogens (tertiary/aromatic N) is 5. The summed E-state index contributed by atoms with van der Waals surface area (Å²) in [4.78, 5) is 2.04. The highest BCUT2D eigenvalue weighted by Gasteiger charge is 2.05. The molecular formula is C13H19N7. The number of aromatic nitrogens is 3. The number of nitrogens with one attached hydrogen (secondary N) is 1. The molecule has 106 valence electrons. The lowest BCUT2D eigenvalue weighted by Gasteiger charge is -2.11. The summed E-state index contributed by atoms with van der Waals surface area (Å²) < 4.78 is 1.40. The van der Waals surface area contributed by atoms with Gasteiger partial charge in [0.15, 0.2) is 5.82 Å². The molecule has 0 aliphatic rings. The molecule has 1 heterocycles. The maximum absolute atomic E-state index is 5.80. The number of hydrogen-bond donors (Lipinski definition) is 2. The van der Waals surface area contributed by atoms with Crippen LogP contribution in [0.5, 0.6) is 0 Å². The standard InChI is InChI=1S/C13H19N7/c1-4-12-16-18-13(20(12)14)17-15-9-10-5-7-11(8-6-10)19(2)3/h5-9H,4,14H2,1-3H3,(H,17,18)/b15-9+. The summed E-state index contributed by atoms with van der Waals surface area (Å²) in [6.07, 6.45) is 2.43. The summed E-state index contributed by atoms with van der Waals surface area (Å²) in [6, 6.07) is 8.04. The molecule has 3 N–H and O–H groups in total. The van der Waals surface area contributed by atoms with E-state index in [9.17, 15) is 0 Å². The molecule has 7 heteroatoms. The lowest BCUT2D eigenvalue weighted by Crippen LogP contribution is -2.14. The lowest BCUT2D eigenvalue weighted by molar-refractivity contribution is 0.855.